The molecule has 12 atom stereocenters. The molecule has 2 aromatic carbocycles. The number of aliphatic carboxylic acids is 1. The van der Waals surface area contributed by atoms with Gasteiger partial charge < -0.3 is 71.0 Å². The molecule has 0 radical (unpaired) electrons. The lowest BCUT2D eigenvalue weighted by Crippen LogP contribution is -2.55. The van der Waals surface area contributed by atoms with Crippen LogP contribution in [0.4, 0.5) is 15.3 Å². The van der Waals surface area contributed by atoms with Gasteiger partial charge in [-0.3, -0.25) is 52.8 Å². The first-order chi connectivity index (χ1) is 50.2. The number of hydrogen-bond donors (Lipinski definition) is 7. The number of likely N-dealkylation sites (tertiary alicyclic amines) is 2. The lowest BCUT2D eigenvalue weighted by atomic mass is 9.83. The van der Waals surface area contributed by atoms with Gasteiger partial charge in [0.1, 0.15) is 18.1 Å². The molecule has 2 heterocycles. The van der Waals surface area contributed by atoms with Crippen molar-refractivity contribution in [2.24, 2.45) is 57.7 Å². The number of nitrogens with two attached hydrogens (primary N) is 1. The van der Waals surface area contributed by atoms with E-state index in [4.69, 9.17) is 24.7 Å². The average Bonchev–Trinajstić information content (AvgIpc) is 1.61. The van der Waals surface area contributed by atoms with Crippen LogP contribution in [0.1, 0.15) is 183 Å². The molecule has 3 aliphatic rings. The number of rotatable bonds is 46. The van der Waals surface area contributed by atoms with Crippen LogP contribution >= 0.6 is 11.8 Å². The van der Waals surface area contributed by atoms with Gasteiger partial charge in [-0.15, -0.1) is 11.8 Å². The number of oxime groups is 1. The monoisotopic (exact) mass is 1500 g/mol. The molecular formula is C77H118N10O18S. The third kappa shape index (κ3) is 25.5. The van der Waals surface area contributed by atoms with E-state index in [-0.39, 0.29) is 141 Å². The van der Waals surface area contributed by atoms with Crippen LogP contribution in [0, 0.1) is 46.8 Å². The fraction of sp³-hybridized carbons (Fsp3) is 0.675. The summed E-state index contributed by atoms with van der Waals surface area (Å²) in [5, 5.41) is 33.4. The van der Waals surface area contributed by atoms with Crippen LogP contribution in [0.3, 0.4) is 0 Å². The number of hydrogen-bond acceptors (Lipinski definition) is 19. The number of nitrogens with zero attached hydrogens (tertiary/aromatic N) is 5. The van der Waals surface area contributed by atoms with Crippen molar-refractivity contribution in [1.29, 1.82) is 0 Å². The Bertz CT molecular complexity index is 3370. The minimum Gasteiger partial charge on any atom is -0.497 e. The fourth-order valence-corrected chi connectivity index (χ4v) is 15.9. The van der Waals surface area contributed by atoms with Crippen LogP contribution in [0.25, 0.3) is 0 Å². The van der Waals surface area contributed by atoms with Crippen LogP contribution in [-0.4, -0.2) is 215 Å². The predicted octanol–water partition coefficient (Wildman–Crippen LogP) is 8.60. The molecule has 106 heavy (non-hydrogen) atoms. The Balaban J connectivity index is 1.15. The fourth-order valence-electron chi connectivity index (χ4n) is 14.4. The van der Waals surface area contributed by atoms with E-state index < -0.39 is 95.3 Å². The van der Waals surface area contributed by atoms with Gasteiger partial charge in [0.15, 0.2) is 11.6 Å². The van der Waals surface area contributed by atoms with Gasteiger partial charge in [0, 0.05) is 102 Å². The molecule has 2 aromatic rings. The molecule has 28 nitrogen and oxygen atoms in total. The minimum absolute atomic E-state index is 0.0460. The van der Waals surface area contributed by atoms with Crippen LogP contribution in [0.2, 0.25) is 0 Å². The summed E-state index contributed by atoms with van der Waals surface area (Å²) in [6.45, 7) is 18.8. The number of Topliss-reactive ketones (excluding diaryl/α,β-unsaturated/α-hetero) is 2. The maximum atomic E-state index is 14.9. The van der Waals surface area contributed by atoms with E-state index in [1.54, 1.807) is 107 Å². The van der Waals surface area contributed by atoms with Crippen molar-refractivity contribution in [1.82, 2.24) is 35.6 Å². The maximum absolute atomic E-state index is 14.9. The van der Waals surface area contributed by atoms with Gasteiger partial charge in [0.25, 0.3) is 0 Å². The topological polar surface area (TPSA) is 382 Å². The second-order valence-corrected chi connectivity index (χ2v) is 31.1. The summed E-state index contributed by atoms with van der Waals surface area (Å²) < 4.78 is 23.2. The molecule has 1 saturated carbocycles. The molecule has 0 bridgehead atoms. The summed E-state index contributed by atoms with van der Waals surface area (Å²) >= 11 is 1.35. The number of unbranched alkanes of at least 4 members (excludes halogenated alkanes) is 2. The Morgan fingerprint density at radius 1 is 0.802 bits per heavy atom. The number of ether oxygens (including phenoxy) is 4. The zero-order valence-corrected chi connectivity index (χ0v) is 65.6. The summed E-state index contributed by atoms with van der Waals surface area (Å²) in [4.78, 5) is 168. The Hall–Kier alpha value is -8.18. The number of carbonyl (C=O) groups is 12. The van der Waals surface area contributed by atoms with Crippen molar-refractivity contribution in [3.8, 4) is 5.75 Å². The molecular weight excluding hydrogens is 1380 g/mol. The highest BCUT2D eigenvalue weighted by atomic mass is 32.2. The number of primary amides is 1. The Morgan fingerprint density at radius 2 is 1.49 bits per heavy atom. The summed E-state index contributed by atoms with van der Waals surface area (Å²) in [5.74, 6) is -6.57. The van der Waals surface area contributed by atoms with Gasteiger partial charge in [-0.25, -0.2) is 9.59 Å². The first-order valence-corrected chi connectivity index (χ1v) is 38.3. The Morgan fingerprint density at radius 3 is 2.08 bits per heavy atom. The number of carboxylic acid groups (broad SMARTS) is 1. The number of ketones is 2. The average molecular weight is 1500 g/mol. The van der Waals surface area contributed by atoms with Crippen molar-refractivity contribution in [2.75, 3.05) is 66.1 Å². The molecule has 590 valence electrons. The lowest BCUT2D eigenvalue weighted by Gasteiger charge is -2.41. The van der Waals surface area contributed by atoms with E-state index in [0.717, 1.165) is 12.8 Å². The third-order valence-electron chi connectivity index (χ3n) is 21.0. The van der Waals surface area contributed by atoms with E-state index in [1.165, 1.54) is 49.9 Å². The van der Waals surface area contributed by atoms with Crippen molar-refractivity contribution in [3.63, 3.8) is 0 Å². The predicted molar refractivity (Wildman–Crippen MR) is 401 cm³/mol. The zero-order valence-electron chi connectivity index (χ0n) is 64.8. The van der Waals surface area contributed by atoms with Crippen molar-refractivity contribution >= 4 is 94.2 Å². The number of carbonyl (C=O) groups excluding carboxylic acids is 11. The number of urea groups is 1. The van der Waals surface area contributed by atoms with Gasteiger partial charge in [-0.05, 0) is 117 Å². The number of likely N-dealkylation sites (N-methyl/N-ethyl adjacent to an activating group) is 2. The van der Waals surface area contributed by atoms with Gasteiger partial charge in [-0.2, -0.15) is 0 Å². The zero-order chi connectivity index (χ0) is 78.9. The number of imide groups is 1. The van der Waals surface area contributed by atoms with Crippen molar-refractivity contribution in [2.45, 2.75) is 226 Å². The molecule has 2 aliphatic heterocycles. The van der Waals surface area contributed by atoms with Gasteiger partial charge in [0.2, 0.25) is 41.4 Å². The second-order valence-electron chi connectivity index (χ2n) is 30.0. The normalized spacial score (nSPS) is 18.5. The number of amides is 10. The summed E-state index contributed by atoms with van der Waals surface area (Å²) in [6, 6.07) is 8.98. The second kappa shape index (κ2) is 42.4. The molecule has 1 unspecified atom stereocenters. The molecule has 29 heteroatoms. The molecule has 0 aromatic heterocycles. The first-order valence-electron chi connectivity index (χ1n) is 37.3. The van der Waals surface area contributed by atoms with E-state index in [9.17, 15) is 67.8 Å². The highest BCUT2D eigenvalue weighted by Gasteiger charge is 2.48. The highest BCUT2D eigenvalue weighted by Crippen LogP contribution is 2.52. The smallest absolute Gasteiger partial charge is 0.410 e. The molecule has 3 fully saturated rings. The van der Waals surface area contributed by atoms with Crippen molar-refractivity contribution in [3.05, 3.63) is 59.7 Å². The third-order valence-corrected chi connectivity index (χ3v) is 22.6. The molecule has 0 spiro atoms. The number of nitrogens with one attached hydrogen (secondary N) is 4. The van der Waals surface area contributed by atoms with E-state index >= 15 is 0 Å². The number of thioether (sulfide) groups is 1. The standard InChI is InChI=1S/C77H118N10O18S/c1-16-48(8)69(60(103-14)40-63(91)86-36-22-26-57(86)70(104-15)49(9)71(95)80-50(10)67(83-101)52-23-20-25-55(37-52)102-13)84(11)73(97)56(45(2)3)39-59(89)68(47(6)7)85(12)76(100)105-43-51-28-30-54(31-29-51)81-72(96)53(24-21-34-79-75(78)99)38-58(88)66(46(4)5)82-62(90)27-18-17-19-35-87-64(92)41-61(74(87)98)106-44-77(32-33-77)42-65(93)94/h20,23,25,28-31,37,45-50,53,56-57,60-61,66,68-70,101H,16-19,21-22,24,26-27,32-36,38-44H2,1-15H3,(H,80,95)(H,81,96)(H,82,90)(H,93,94)(H3,78,79,99)/b83-67-/t48-,49+,50+,53+,56-,57-,60+,61?,66-,68-,69-,70+/m0/s1. The van der Waals surface area contributed by atoms with E-state index in [1.807, 2.05) is 27.7 Å². The Labute approximate surface area is 629 Å². The molecule has 10 amide bonds. The lowest BCUT2D eigenvalue weighted by molar-refractivity contribution is -0.149. The molecule has 2 saturated heterocycles. The van der Waals surface area contributed by atoms with Crippen LogP contribution in [-0.2, 0) is 68.8 Å². The number of methoxy groups -OCH3 is 3. The van der Waals surface area contributed by atoms with Crippen molar-refractivity contribution < 1.29 is 86.8 Å². The van der Waals surface area contributed by atoms with Crippen LogP contribution in [0.5, 0.6) is 5.75 Å². The van der Waals surface area contributed by atoms with Crippen LogP contribution in [0.15, 0.2) is 53.7 Å². The summed E-state index contributed by atoms with van der Waals surface area (Å²) in [5.41, 5.74) is 6.67. The number of benzene rings is 2. The van der Waals surface area contributed by atoms with E-state index in [0.29, 0.717) is 79.8 Å². The summed E-state index contributed by atoms with van der Waals surface area (Å²) in [7, 11) is 7.67. The van der Waals surface area contributed by atoms with Gasteiger partial charge in [0.05, 0.1) is 73.5 Å². The molecule has 1 aliphatic carbocycles. The SMILES string of the molecule is CC[C@H](C)[C@@H]([C@@H](CC(=O)N1CCC[C@H]1[C@H](OC)[C@@H](C)C(=O)N[C@H](C)/C(=N/O)c1cccc(OC)c1)OC)N(C)C(=O)[C@@H](CC(=O)[C@H](C(C)C)N(C)C(=O)OCc1ccc(NC(=O)[C@H](CCCNC(N)=O)CC(=O)[C@@H](NC(=O)CCCCCN2C(=O)CC(SCC3(CC(=O)O)CC3)C2=O)C(C)C)cc1)C(C)C. The van der Waals surface area contributed by atoms with Crippen LogP contribution < -0.4 is 31.7 Å². The molecule has 8 N–H and O–H groups in total. The molecule has 5 rings (SSSR count). The number of anilines is 1. The summed E-state index contributed by atoms with van der Waals surface area (Å²) in [6.07, 6.45) is 2.71. The maximum Gasteiger partial charge on any atom is 0.410 e. The highest BCUT2D eigenvalue weighted by molar-refractivity contribution is 8.00. The number of carboxylic acids is 1. The first kappa shape index (κ1) is 88.4. The van der Waals surface area contributed by atoms with Gasteiger partial charge in [-0.1, -0.05) is 105 Å². The van der Waals surface area contributed by atoms with Gasteiger partial charge >= 0.3 is 18.1 Å². The van der Waals surface area contributed by atoms with E-state index in [2.05, 4.69) is 26.4 Å². The largest absolute Gasteiger partial charge is 0.497 e. The minimum atomic E-state index is -0.990. The quantitative estimate of drug-likeness (QED) is 0.0107. The Kier molecular flexibility index (Phi) is 35.4.